The molecular formula is C12H14Cl2O. The number of aliphatic hydroxyl groups is 1. The van der Waals surface area contributed by atoms with Crippen molar-refractivity contribution < 1.29 is 5.11 Å². The van der Waals surface area contributed by atoms with Crippen LogP contribution in [0.2, 0.25) is 10.0 Å². The largest absolute Gasteiger partial charge is 0.393 e. The standard InChI is InChI=1S/C12H14Cl2O/c1-8(15)12(4-5-12)7-9-2-3-10(13)6-11(9)14/h2-3,6,8,15H,4-5,7H2,1H3. The van der Waals surface area contributed by atoms with Crippen LogP contribution in [0, 0.1) is 5.41 Å². The van der Waals surface area contributed by atoms with Crippen LogP contribution in [0.5, 0.6) is 0 Å². The Balaban J connectivity index is 2.18. The zero-order valence-electron chi connectivity index (χ0n) is 8.63. The summed E-state index contributed by atoms with van der Waals surface area (Å²) in [6.07, 6.45) is 2.76. The average molecular weight is 245 g/mol. The number of aliphatic hydroxyl groups excluding tert-OH is 1. The quantitative estimate of drug-likeness (QED) is 0.860. The van der Waals surface area contributed by atoms with Gasteiger partial charge in [-0.25, -0.2) is 0 Å². The fraction of sp³-hybridized carbons (Fsp3) is 0.500. The van der Waals surface area contributed by atoms with Gasteiger partial charge in [-0.05, 0) is 43.9 Å². The molecule has 15 heavy (non-hydrogen) atoms. The minimum Gasteiger partial charge on any atom is -0.393 e. The molecule has 3 heteroatoms. The van der Waals surface area contributed by atoms with Crippen LogP contribution >= 0.6 is 23.2 Å². The summed E-state index contributed by atoms with van der Waals surface area (Å²) in [6, 6.07) is 5.56. The second kappa shape index (κ2) is 3.97. The van der Waals surface area contributed by atoms with E-state index in [9.17, 15) is 5.11 Å². The van der Waals surface area contributed by atoms with Crippen LogP contribution in [0.25, 0.3) is 0 Å². The van der Waals surface area contributed by atoms with Gasteiger partial charge in [0.2, 0.25) is 0 Å². The predicted molar refractivity (Wildman–Crippen MR) is 63.5 cm³/mol. The second-order valence-corrected chi connectivity index (χ2v) is 5.29. The first kappa shape index (κ1) is 11.3. The maximum atomic E-state index is 9.68. The maximum Gasteiger partial charge on any atom is 0.0571 e. The van der Waals surface area contributed by atoms with Gasteiger partial charge in [0.1, 0.15) is 0 Å². The topological polar surface area (TPSA) is 20.2 Å². The molecule has 0 bridgehead atoms. The second-order valence-electron chi connectivity index (χ2n) is 4.45. The van der Waals surface area contributed by atoms with Crippen molar-refractivity contribution in [1.82, 2.24) is 0 Å². The summed E-state index contributed by atoms with van der Waals surface area (Å²) in [7, 11) is 0. The van der Waals surface area contributed by atoms with Crippen molar-refractivity contribution >= 4 is 23.2 Å². The predicted octanol–water partition coefficient (Wildman–Crippen LogP) is 3.70. The Bertz CT molecular complexity index is 370. The minimum atomic E-state index is -0.260. The first-order valence-electron chi connectivity index (χ1n) is 5.15. The molecule has 82 valence electrons. The molecule has 2 rings (SSSR count). The van der Waals surface area contributed by atoms with Gasteiger partial charge in [0, 0.05) is 15.5 Å². The molecule has 1 aliphatic carbocycles. The molecule has 1 fully saturated rings. The normalized spacial score (nSPS) is 20.0. The van der Waals surface area contributed by atoms with E-state index in [-0.39, 0.29) is 11.5 Å². The van der Waals surface area contributed by atoms with Gasteiger partial charge >= 0.3 is 0 Å². The SMILES string of the molecule is CC(O)C1(Cc2ccc(Cl)cc2Cl)CC1. The third kappa shape index (κ3) is 2.30. The lowest BCUT2D eigenvalue weighted by Gasteiger charge is -2.19. The lowest BCUT2D eigenvalue weighted by Crippen LogP contribution is -2.20. The molecule has 0 heterocycles. The molecule has 0 saturated heterocycles. The van der Waals surface area contributed by atoms with Crippen LogP contribution in [0.1, 0.15) is 25.3 Å². The van der Waals surface area contributed by atoms with E-state index >= 15 is 0 Å². The third-order valence-electron chi connectivity index (χ3n) is 3.34. The number of benzene rings is 1. The van der Waals surface area contributed by atoms with Gasteiger partial charge in [0.15, 0.2) is 0 Å². The van der Waals surface area contributed by atoms with Gasteiger partial charge in [0.25, 0.3) is 0 Å². The average Bonchev–Trinajstić information content (AvgIpc) is 2.91. The molecule has 1 aliphatic rings. The Labute approximate surface area is 100 Å². The smallest absolute Gasteiger partial charge is 0.0571 e. The number of hydrogen-bond acceptors (Lipinski definition) is 1. The molecule has 1 aromatic carbocycles. The van der Waals surface area contributed by atoms with Crippen molar-refractivity contribution in [2.75, 3.05) is 0 Å². The first-order chi connectivity index (χ1) is 7.03. The van der Waals surface area contributed by atoms with E-state index in [1.165, 1.54) is 0 Å². The molecule has 0 aromatic heterocycles. The molecule has 1 nitrogen and oxygen atoms in total. The van der Waals surface area contributed by atoms with E-state index in [2.05, 4.69) is 0 Å². The highest BCUT2D eigenvalue weighted by Crippen LogP contribution is 2.51. The van der Waals surface area contributed by atoms with E-state index in [1.54, 1.807) is 6.07 Å². The van der Waals surface area contributed by atoms with Gasteiger partial charge in [-0.3, -0.25) is 0 Å². The molecule has 1 unspecified atom stereocenters. The molecule has 1 atom stereocenters. The maximum absolute atomic E-state index is 9.68. The Morgan fingerprint density at radius 1 is 1.40 bits per heavy atom. The van der Waals surface area contributed by atoms with E-state index in [0.29, 0.717) is 10.0 Å². The van der Waals surface area contributed by atoms with E-state index < -0.39 is 0 Å². The van der Waals surface area contributed by atoms with E-state index in [4.69, 9.17) is 23.2 Å². The molecule has 0 aliphatic heterocycles. The van der Waals surface area contributed by atoms with Crippen LogP contribution in [-0.2, 0) is 6.42 Å². The van der Waals surface area contributed by atoms with Crippen molar-refractivity contribution in [3.8, 4) is 0 Å². The van der Waals surface area contributed by atoms with Crippen molar-refractivity contribution in [3.63, 3.8) is 0 Å². The Kier molecular flexibility index (Phi) is 2.98. The van der Waals surface area contributed by atoms with Gasteiger partial charge in [-0.1, -0.05) is 29.3 Å². The fourth-order valence-corrected chi connectivity index (χ4v) is 2.42. The Hall–Kier alpha value is -0.240. The van der Waals surface area contributed by atoms with Crippen molar-refractivity contribution in [1.29, 1.82) is 0 Å². The Morgan fingerprint density at radius 3 is 2.53 bits per heavy atom. The number of rotatable bonds is 3. The number of hydrogen-bond donors (Lipinski definition) is 1. The van der Waals surface area contributed by atoms with E-state index in [1.807, 2.05) is 19.1 Å². The molecule has 1 saturated carbocycles. The molecule has 0 radical (unpaired) electrons. The summed E-state index contributed by atoms with van der Waals surface area (Å²) in [6.45, 7) is 1.86. The monoisotopic (exact) mass is 244 g/mol. The lowest BCUT2D eigenvalue weighted by molar-refractivity contribution is 0.110. The van der Waals surface area contributed by atoms with Crippen molar-refractivity contribution in [3.05, 3.63) is 33.8 Å². The number of halogens is 2. The molecule has 0 amide bonds. The van der Waals surface area contributed by atoms with Gasteiger partial charge in [-0.15, -0.1) is 0 Å². The van der Waals surface area contributed by atoms with Crippen LogP contribution in [-0.4, -0.2) is 11.2 Å². The van der Waals surface area contributed by atoms with Crippen molar-refractivity contribution in [2.24, 2.45) is 5.41 Å². The van der Waals surface area contributed by atoms with Gasteiger partial charge < -0.3 is 5.11 Å². The highest BCUT2D eigenvalue weighted by molar-refractivity contribution is 6.35. The third-order valence-corrected chi connectivity index (χ3v) is 3.92. The highest BCUT2D eigenvalue weighted by atomic mass is 35.5. The zero-order chi connectivity index (χ0) is 11.1. The summed E-state index contributed by atoms with van der Waals surface area (Å²) in [5.74, 6) is 0. The summed E-state index contributed by atoms with van der Waals surface area (Å²) in [5, 5.41) is 11.0. The minimum absolute atomic E-state index is 0.0669. The van der Waals surface area contributed by atoms with Crippen LogP contribution in [0.3, 0.4) is 0 Å². The Morgan fingerprint density at radius 2 is 2.07 bits per heavy atom. The molecular weight excluding hydrogens is 231 g/mol. The fourth-order valence-electron chi connectivity index (χ4n) is 1.95. The van der Waals surface area contributed by atoms with Crippen LogP contribution in [0.15, 0.2) is 18.2 Å². The van der Waals surface area contributed by atoms with Crippen LogP contribution < -0.4 is 0 Å². The first-order valence-corrected chi connectivity index (χ1v) is 5.91. The lowest BCUT2D eigenvalue weighted by atomic mass is 9.92. The summed E-state index contributed by atoms with van der Waals surface area (Å²) < 4.78 is 0. The molecule has 1 aromatic rings. The van der Waals surface area contributed by atoms with Gasteiger partial charge in [-0.2, -0.15) is 0 Å². The van der Waals surface area contributed by atoms with Crippen molar-refractivity contribution in [2.45, 2.75) is 32.3 Å². The summed E-state index contributed by atoms with van der Waals surface area (Å²) >= 11 is 11.9. The summed E-state index contributed by atoms with van der Waals surface area (Å²) in [4.78, 5) is 0. The summed E-state index contributed by atoms with van der Waals surface area (Å²) in [5.41, 5.74) is 1.15. The van der Waals surface area contributed by atoms with Gasteiger partial charge in [0.05, 0.1) is 6.10 Å². The zero-order valence-corrected chi connectivity index (χ0v) is 10.1. The molecule has 0 spiro atoms. The van der Waals surface area contributed by atoms with E-state index in [0.717, 1.165) is 24.8 Å². The molecule has 1 N–H and O–H groups in total. The highest BCUT2D eigenvalue weighted by Gasteiger charge is 2.46. The van der Waals surface area contributed by atoms with Crippen LogP contribution in [0.4, 0.5) is 0 Å².